The maximum Gasteiger partial charge on any atom is 0.178 e. The number of halogens is 1. The number of aromatic nitrogens is 4. The summed E-state index contributed by atoms with van der Waals surface area (Å²) < 4.78 is 6.98. The van der Waals surface area contributed by atoms with Gasteiger partial charge in [-0.2, -0.15) is 18.6 Å². The van der Waals surface area contributed by atoms with Gasteiger partial charge in [0.15, 0.2) is 5.65 Å². The van der Waals surface area contributed by atoms with Crippen molar-refractivity contribution < 1.29 is 4.74 Å². The normalized spacial score (nSPS) is 20.3. The highest BCUT2D eigenvalue weighted by Crippen LogP contribution is 2.26. The van der Waals surface area contributed by atoms with Crippen molar-refractivity contribution >= 4 is 47.9 Å². The van der Waals surface area contributed by atoms with Gasteiger partial charge in [0.1, 0.15) is 12.1 Å². The van der Waals surface area contributed by atoms with Gasteiger partial charge in [0, 0.05) is 31.9 Å². The van der Waals surface area contributed by atoms with Gasteiger partial charge in [0.2, 0.25) is 0 Å². The molecular formula is C19H24ClN7OS. The van der Waals surface area contributed by atoms with Gasteiger partial charge in [-0.1, -0.05) is 11.6 Å². The van der Waals surface area contributed by atoms with Crippen molar-refractivity contribution in [3.05, 3.63) is 41.9 Å². The average molecular weight is 434 g/mol. The summed E-state index contributed by atoms with van der Waals surface area (Å²) >= 11 is 6.17. The highest BCUT2D eigenvalue weighted by atomic mass is 35.5. The van der Waals surface area contributed by atoms with Crippen molar-refractivity contribution in [1.82, 2.24) is 24.5 Å². The first-order chi connectivity index (χ1) is 13.7. The Morgan fingerprint density at radius 3 is 2.76 bits per heavy atom. The third kappa shape index (κ3) is 4.00. The molecule has 1 N–H and O–H groups in total. The van der Waals surface area contributed by atoms with Gasteiger partial charge in [-0.15, -0.1) is 0 Å². The van der Waals surface area contributed by atoms with Crippen LogP contribution in [0, 0.1) is 0 Å². The lowest BCUT2D eigenvalue weighted by atomic mass is 10.1. The zero-order valence-corrected chi connectivity index (χ0v) is 17.9. The summed E-state index contributed by atoms with van der Waals surface area (Å²) in [6.45, 7) is 7.13. The summed E-state index contributed by atoms with van der Waals surface area (Å²) in [6, 6.07) is 6.97. The van der Waals surface area contributed by atoms with Crippen LogP contribution >= 0.6 is 25.1 Å². The first-order valence-electron chi connectivity index (χ1n) is 9.48. The molecule has 0 radical (unpaired) electrons. The van der Waals surface area contributed by atoms with Gasteiger partial charge in [-0.25, -0.2) is 14.5 Å². The summed E-state index contributed by atoms with van der Waals surface area (Å²) in [6.07, 6.45) is 5.15. The van der Waals surface area contributed by atoms with Gasteiger partial charge >= 0.3 is 0 Å². The summed E-state index contributed by atoms with van der Waals surface area (Å²) in [5, 5.41) is 8.01. The molecule has 2 saturated heterocycles. The van der Waals surface area contributed by atoms with Crippen molar-refractivity contribution in [2.75, 3.05) is 43.1 Å². The standard InChI is InChI=1S/C19H22ClN7O.H2S/c1-13-8-25(16-10-28-11-16)4-5-26(13)15-2-3-18(21-7-15)24-17-6-14(20)9-27-19(17)22-12-23-27;/h2-3,6-7,9,12-13,16H,4-5,8,10-11H2,1H3,(H,21,24);1H2/t13-;/m0./s1. The van der Waals surface area contributed by atoms with E-state index in [9.17, 15) is 0 Å². The molecule has 3 aromatic heterocycles. The van der Waals surface area contributed by atoms with Crippen LogP contribution in [0.5, 0.6) is 0 Å². The smallest absolute Gasteiger partial charge is 0.178 e. The van der Waals surface area contributed by atoms with E-state index in [2.05, 4.69) is 43.2 Å². The molecule has 29 heavy (non-hydrogen) atoms. The van der Waals surface area contributed by atoms with Crippen LogP contribution in [0.2, 0.25) is 5.02 Å². The number of rotatable bonds is 4. The van der Waals surface area contributed by atoms with E-state index >= 15 is 0 Å². The molecule has 0 amide bonds. The summed E-state index contributed by atoms with van der Waals surface area (Å²) in [5.74, 6) is 0.744. The molecule has 8 nitrogen and oxygen atoms in total. The van der Waals surface area contributed by atoms with E-state index in [0.29, 0.717) is 22.8 Å². The molecule has 2 aliphatic rings. The number of nitrogens with one attached hydrogen (secondary N) is 1. The minimum atomic E-state index is 0. The Morgan fingerprint density at radius 1 is 1.21 bits per heavy atom. The fraction of sp³-hybridized carbons (Fsp3) is 0.421. The molecule has 0 bridgehead atoms. The highest BCUT2D eigenvalue weighted by Gasteiger charge is 2.32. The predicted octanol–water partition coefficient (Wildman–Crippen LogP) is 2.54. The first-order valence-corrected chi connectivity index (χ1v) is 9.85. The second-order valence-electron chi connectivity index (χ2n) is 7.36. The lowest BCUT2D eigenvalue weighted by Crippen LogP contribution is -2.59. The largest absolute Gasteiger partial charge is 0.378 e. The maximum atomic E-state index is 6.17. The number of ether oxygens (including phenoxy) is 1. The number of pyridine rings is 2. The van der Waals surface area contributed by atoms with Crippen molar-refractivity contribution in [3.63, 3.8) is 0 Å². The number of hydrogen-bond acceptors (Lipinski definition) is 7. The lowest BCUT2D eigenvalue weighted by molar-refractivity contribution is -0.0691. The molecule has 2 aliphatic heterocycles. The number of fused-ring (bicyclic) bond motifs is 1. The van der Waals surface area contributed by atoms with Crippen molar-refractivity contribution in [3.8, 4) is 0 Å². The number of piperazine rings is 1. The second kappa shape index (κ2) is 8.35. The molecule has 0 unspecified atom stereocenters. The topological polar surface area (TPSA) is 70.8 Å². The van der Waals surface area contributed by atoms with E-state index in [1.165, 1.54) is 6.33 Å². The van der Waals surface area contributed by atoms with E-state index in [4.69, 9.17) is 16.3 Å². The van der Waals surface area contributed by atoms with Crippen LogP contribution in [0.1, 0.15) is 6.92 Å². The van der Waals surface area contributed by atoms with E-state index in [0.717, 1.165) is 50.0 Å². The van der Waals surface area contributed by atoms with E-state index in [-0.39, 0.29) is 13.5 Å². The van der Waals surface area contributed by atoms with Crippen LogP contribution in [0.4, 0.5) is 17.2 Å². The molecular weight excluding hydrogens is 410 g/mol. The lowest BCUT2D eigenvalue weighted by Gasteiger charge is -2.46. The van der Waals surface area contributed by atoms with Crippen LogP contribution in [-0.2, 0) is 4.74 Å². The molecule has 2 fully saturated rings. The second-order valence-corrected chi connectivity index (χ2v) is 7.79. The van der Waals surface area contributed by atoms with E-state index in [1.54, 1.807) is 10.7 Å². The molecule has 10 heteroatoms. The zero-order chi connectivity index (χ0) is 19.1. The maximum absolute atomic E-state index is 6.17. The van der Waals surface area contributed by atoms with Crippen molar-refractivity contribution in [2.24, 2.45) is 0 Å². The minimum absolute atomic E-state index is 0. The Kier molecular flexibility index (Phi) is 5.82. The Balaban J connectivity index is 0.00000205. The number of nitrogens with zero attached hydrogens (tertiary/aromatic N) is 6. The quantitative estimate of drug-likeness (QED) is 0.677. The molecule has 3 aromatic rings. The highest BCUT2D eigenvalue weighted by molar-refractivity contribution is 7.59. The molecule has 5 heterocycles. The Bertz CT molecular complexity index is 978. The van der Waals surface area contributed by atoms with Crippen LogP contribution in [0.15, 0.2) is 36.9 Å². The first kappa shape index (κ1) is 20.2. The van der Waals surface area contributed by atoms with Crippen LogP contribution in [0.3, 0.4) is 0 Å². The predicted molar refractivity (Wildman–Crippen MR) is 119 cm³/mol. The van der Waals surface area contributed by atoms with Gasteiger partial charge in [-0.05, 0) is 25.1 Å². The third-order valence-corrected chi connectivity index (χ3v) is 5.69. The van der Waals surface area contributed by atoms with Gasteiger partial charge in [0.05, 0.1) is 41.8 Å². The Labute approximate surface area is 181 Å². The van der Waals surface area contributed by atoms with E-state index in [1.807, 2.05) is 18.3 Å². The molecule has 154 valence electrons. The Hall–Kier alpha value is -2.07. The fourth-order valence-corrected chi connectivity index (χ4v) is 4.09. The monoisotopic (exact) mass is 433 g/mol. The van der Waals surface area contributed by atoms with Crippen LogP contribution in [0.25, 0.3) is 5.65 Å². The number of anilines is 3. The fourth-order valence-electron chi connectivity index (χ4n) is 3.89. The third-order valence-electron chi connectivity index (χ3n) is 5.48. The summed E-state index contributed by atoms with van der Waals surface area (Å²) in [7, 11) is 0. The van der Waals surface area contributed by atoms with Gasteiger partial charge < -0.3 is 15.0 Å². The molecule has 0 aliphatic carbocycles. The molecule has 1 atom stereocenters. The molecule has 0 spiro atoms. The molecule has 5 rings (SSSR count). The zero-order valence-electron chi connectivity index (χ0n) is 16.1. The minimum Gasteiger partial charge on any atom is -0.378 e. The van der Waals surface area contributed by atoms with Crippen molar-refractivity contribution in [1.29, 1.82) is 0 Å². The molecule has 0 saturated carbocycles. The SMILES string of the molecule is C[C@H]1CN(C2COC2)CCN1c1ccc(Nc2cc(Cl)cn3ncnc23)nc1.S. The van der Waals surface area contributed by atoms with Gasteiger partial charge in [0.25, 0.3) is 0 Å². The average Bonchev–Trinajstić information content (AvgIpc) is 3.10. The van der Waals surface area contributed by atoms with Gasteiger partial charge in [-0.3, -0.25) is 4.90 Å². The van der Waals surface area contributed by atoms with Crippen LogP contribution in [-0.4, -0.2) is 69.4 Å². The van der Waals surface area contributed by atoms with Crippen molar-refractivity contribution in [2.45, 2.75) is 19.0 Å². The van der Waals surface area contributed by atoms with Crippen LogP contribution < -0.4 is 10.2 Å². The summed E-state index contributed by atoms with van der Waals surface area (Å²) in [4.78, 5) is 13.8. The molecule has 0 aromatic carbocycles. The summed E-state index contributed by atoms with van der Waals surface area (Å²) in [5.41, 5.74) is 2.62. The number of hydrogen-bond donors (Lipinski definition) is 1. The van der Waals surface area contributed by atoms with E-state index < -0.39 is 0 Å². The Morgan fingerprint density at radius 2 is 2.07 bits per heavy atom.